The molecule has 24 heavy (non-hydrogen) atoms. The number of nitrogens with zero attached hydrogens (tertiary/aromatic N) is 3. The summed E-state index contributed by atoms with van der Waals surface area (Å²) in [6, 6.07) is 1.12. The van der Waals surface area contributed by atoms with Gasteiger partial charge in [0.25, 0.3) is 0 Å². The fraction of sp³-hybridized carbons (Fsp3) is 0.950. The summed E-state index contributed by atoms with van der Waals surface area (Å²) >= 11 is 0. The minimum atomic E-state index is 0.283. The number of carbonyl (C=O) groups excluding carboxylic acids is 1. The maximum atomic E-state index is 13.2. The van der Waals surface area contributed by atoms with Crippen molar-refractivity contribution < 1.29 is 4.79 Å². The van der Waals surface area contributed by atoms with Crippen LogP contribution in [0.1, 0.15) is 59.3 Å². The molecule has 0 saturated carbocycles. The molecule has 0 aromatic rings. The molecule has 0 radical (unpaired) electrons. The van der Waals surface area contributed by atoms with Crippen molar-refractivity contribution in [3.63, 3.8) is 0 Å². The van der Waals surface area contributed by atoms with Gasteiger partial charge in [-0.05, 0) is 70.6 Å². The first-order chi connectivity index (χ1) is 11.6. The van der Waals surface area contributed by atoms with E-state index in [9.17, 15) is 4.79 Å². The van der Waals surface area contributed by atoms with E-state index in [0.29, 0.717) is 18.0 Å². The molecule has 0 aromatic carbocycles. The van der Waals surface area contributed by atoms with Gasteiger partial charge in [-0.15, -0.1) is 0 Å². The minimum Gasteiger partial charge on any atom is -0.338 e. The summed E-state index contributed by atoms with van der Waals surface area (Å²) in [6.45, 7) is 13.6. The summed E-state index contributed by atoms with van der Waals surface area (Å²) in [7, 11) is 0. The van der Waals surface area contributed by atoms with E-state index in [1.165, 1.54) is 38.8 Å². The van der Waals surface area contributed by atoms with E-state index in [-0.39, 0.29) is 5.92 Å². The van der Waals surface area contributed by atoms with E-state index in [0.717, 1.165) is 44.9 Å². The number of likely N-dealkylation sites (tertiary alicyclic amines) is 3. The van der Waals surface area contributed by atoms with Crippen molar-refractivity contribution in [2.45, 2.75) is 71.4 Å². The monoisotopic (exact) mass is 335 g/mol. The molecule has 0 aliphatic carbocycles. The third-order valence-electron chi connectivity index (χ3n) is 6.41. The first kappa shape index (κ1) is 18.2. The predicted octanol–water partition coefficient (Wildman–Crippen LogP) is 2.83. The Morgan fingerprint density at radius 1 is 0.958 bits per heavy atom. The molecule has 3 heterocycles. The van der Waals surface area contributed by atoms with Crippen LogP contribution in [0.15, 0.2) is 0 Å². The zero-order valence-electron chi connectivity index (χ0n) is 16.0. The molecule has 0 N–H and O–H groups in total. The maximum Gasteiger partial charge on any atom is 0.226 e. The second kappa shape index (κ2) is 8.18. The molecule has 3 aliphatic rings. The Labute approximate surface area is 148 Å². The molecule has 0 aromatic heterocycles. The number of amides is 1. The van der Waals surface area contributed by atoms with Crippen LogP contribution in [0.2, 0.25) is 0 Å². The number of rotatable bonds is 5. The average molecular weight is 336 g/mol. The predicted molar refractivity (Wildman–Crippen MR) is 99.0 cm³/mol. The molecule has 0 bridgehead atoms. The standard InChI is InChI=1S/C20H37N3O/c1-4-22-11-5-7-18(22)19-8-6-12-23(19)20(24)17-9-13-21(14-10-17)15-16(2)3/h16-19H,4-15H2,1-3H3/t18-,19-/m0/s1. The Morgan fingerprint density at radius 2 is 1.62 bits per heavy atom. The summed E-state index contributed by atoms with van der Waals surface area (Å²) in [5, 5.41) is 0. The van der Waals surface area contributed by atoms with Crippen molar-refractivity contribution in [3.8, 4) is 0 Å². The zero-order valence-corrected chi connectivity index (χ0v) is 16.0. The lowest BCUT2D eigenvalue weighted by Gasteiger charge is -2.38. The van der Waals surface area contributed by atoms with Crippen molar-refractivity contribution in [2.24, 2.45) is 11.8 Å². The average Bonchev–Trinajstić information content (AvgIpc) is 3.22. The van der Waals surface area contributed by atoms with Crippen LogP contribution < -0.4 is 0 Å². The molecule has 4 heteroatoms. The van der Waals surface area contributed by atoms with E-state index in [2.05, 4.69) is 35.5 Å². The Kier molecular flexibility index (Phi) is 6.20. The Morgan fingerprint density at radius 3 is 2.29 bits per heavy atom. The summed E-state index contributed by atoms with van der Waals surface area (Å²) in [6.07, 6.45) is 7.16. The van der Waals surface area contributed by atoms with Crippen LogP contribution in [0.5, 0.6) is 0 Å². The number of piperidine rings is 1. The first-order valence-corrected chi connectivity index (χ1v) is 10.4. The first-order valence-electron chi connectivity index (χ1n) is 10.4. The van der Waals surface area contributed by atoms with E-state index in [4.69, 9.17) is 0 Å². The molecular weight excluding hydrogens is 298 g/mol. The van der Waals surface area contributed by atoms with Crippen molar-refractivity contribution >= 4 is 5.91 Å². The molecule has 3 aliphatic heterocycles. The van der Waals surface area contributed by atoms with Crippen LogP contribution in [0.3, 0.4) is 0 Å². The lowest BCUT2D eigenvalue weighted by molar-refractivity contribution is -0.139. The van der Waals surface area contributed by atoms with Crippen LogP contribution in [0.25, 0.3) is 0 Å². The molecule has 0 spiro atoms. The van der Waals surface area contributed by atoms with Gasteiger partial charge >= 0.3 is 0 Å². The summed E-state index contributed by atoms with van der Waals surface area (Å²) in [5.74, 6) is 1.48. The molecule has 138 valence electrons. The Hall–Kier alpha value is -0.610. The Balaban J connectivity index is 1.56. The fourth-order valence-corrected chi connectivity index (χ4v) is 5.26. The van der Waals surface area contributed by atoms with Gasteiger partial charge in [0.2, 0.25) is 5.91 Å². The summed E-state index contributed by atoms with van der Waals surface area (Å²) in [5.41, 5.74) is 0. The second-order valence-electron chi connectivity index (χ2n) is 8.55. The zero-order chi connectivity index (χ0) is 17.1. The van der Waals surface area contributed by atoms with Crippen LogP contribution in [0.4, 0.5) is 0 Å². The number of likely N-dealkylation sites (N-methyl/N-ethyl adjacent to an activating group) is 1. The van der Waals surface area contributed by atoms with E-state index in [1.807, 2.05) is 0 Å². The number of carbonyl (C=O) groups is 1. The molecule has 4 nitrogen and oxygen atoms in total. The smallest absolute Gasteiger partial charge is 0.226 e. The van der Waals surface area contributed by atoms with Gasteiger partial charge in [0.05, 0.1) is 0 Å². The van der Waals surface area contributed by atoms with Gasteiger partial charge in [0.1, 0.15) is 0 Å². The van der Waals surface area contributed by atoms with Crippen molar-refractivity contribution in [2.75, 3.05) is 39.3 Å². The summed E-state index contributed by atoms with van der Waals surface area (Å²) < 4.78 is 0. The summed E-state index contributed by atoms with van der Waals surface area (Å²) in [4.78, 5) is 20.6. The highest BCUT2D eigenvalue weighted by Gasteiger charge is 2.41. The molecule has 3 saturated heterocycles. The molecular formula is C20H37N3O. The highest BCUT2D eigenvalue weighted by atomic mass is 16.2. The van der Waals surface area contributed by atoms with Gasteiger partial charge in [-0.25, -0.2) is 0 Å². The molecule has 2 atom stereocenters. The lowest BCUT2D eigenvalue weighted by Crippen LogP contribution is -2.51. The van der Waals surface area contributed by atoms with E-state index < -0.39 is 0 Å². The van der Waals surface area contributed by atoms with Gasteiger partial charge in [-0.1, -0.05) is 20.8 Å². The SMILES string of the molecule is CCN1CCC[C@H]1[C@@H]1CCCN1C(=O)C1CCN(CC(C)C)CC1. The van der Waals surface area contributed by atoms with Gasteiger partial charge in [0, 0.05) is 31.1 Å². The highest BCUT2D eigenvalue weighted by molar-refractivity contribution is 5.79. The minimum absolute atomic E-state index is 0.283. The van der Waals surface area contributed by atoms with Crippen LogP contribution in [-0.2, 0) is 4.79 Å². The third-order valence-corrected chi connectivity index (χ3v) is 6.41. The van der Waals surface area contributed by atoms with E-state index >= 15 is 0 Å². The fourth-order valence-electron chi connectivity index (χ4n) is 5.26. The number of hydrogen-bond donors (Lipinski definition) is 0. The topological polar surface area (TPSA) is 26.8 Å². The second-order valence-corrected chi connectivity index (χ2v) is 8.55. The van der Waals surface area contributed by atoms with Crippen LogP contribution in [-0.4, -0.2) is 72.0 Å². The van der Waals surface area contributed by atoms with Gasteiger partial charge < -0.3 is 9.80 Å². The molecule has 1 amide bonds. The van der Waals surface area contributed by atoms with Crippen molar-refractivity contribution in [3.05, 3.63) is 0 Å². The maximum absolute atomic E-state index is 13.2. The third kappa shape index (κ3) is 3.96. The normalized spacial score (nSPS) is 30.6. The molecule has 3 rings (SSSR count). The van der Waals surface area contributed by atoms with Gasteiger partial charge in [-0.3, -0.25) is 9.69 Å². The molecule has 3 fully saturated rings. The molecule has 0 unspecified atom stereocenters. The van der Waals surface area contributed by atoms with Crippen LogP contribution in [0, 0.1) is 11.8 Å². The lowest BCUT2D eigenvalue weighted by atomic mass is 9.93. The quantitative estimate of drug-likeness (QED) is 0.773. The van der Waals surface area contributed by atoms with Crippen molar-refractivity contribution in [1.29, 1.82) is 0 Å². The van der Waals surface area contributed by atoms with Crippen molar-refractivity contribution in [1.82, 2.24) is 14.7 Å². The number of hydrogen-bond acceptors (Lipinski definition) is 3. The highest BCUT2D eigenvalue weighted by Crippen LogP contribution is 2.32. The van der Waals surface area contributed by atoms with Crippen LogP contribution >= 0.6 is 0 Å². The van der Waals surface area contributed by atoms with E-state index in [1.54, 1.807) is 0 Å². The van der Waals surface area contributed by atoms with Gasteiger partial charge in [-0.2, -0.15) is 0 Å². The Bertz CT molecular complexity index is 417. The largest absolute Gasteiger partial charge is 0.338 e. The van der Waals surface area contributed by atoms with Gasteiger partial charge in [0.15, 0.2) is 0 Å².